The Morgan fingerprint density at radius 1 is 1.24 bits per heavy atom. The lowest BCUT2D eigenvalue weighted by Crippen LogP contribution is -2.48. The van der Waals surface area contributed by atoms with Crippen LogP contribution in [0.25, 0.3) is 0 Å². The molecule has 0 fully saturated rings. The predicted molar refractivity (Wildman–Crippen MR) is 85.1 cm³/mol. The summed E-state index contributed by atoms with van der Waals surface area (Å²) in [6, 6.07) is 6.90. The molecule has 1 aromatic carbocycles. The molecule has 116 valence electrons. The van der Waals surface area contributed by atoms with Crippen LogP contribution in [-0.4, -0.2) is 29.8 Å². The number of hydrogen-bond donors (Lipinski definition) is 1. The number of halogens is 1. The highest BCUT2D eigenvalue weighted by Gasteiger charge is 2.27. The second-order valence-electron chi connectivity index (χ2n) is 4.94. The molecular formula is C16H23ClN2O2. The number of nitrogens with zero attached hydrogens (tertiary/aromatic N) is 1. The zero-order valence-electron chi connectivity index (χ0n) is 12.9. The first kappa shape index (κ1) is 17.5. The van der Waals surface area contributed by atoms with Gasteiger partial charge in [-0.3, -0.25) is 9.59 Å². The van der Waals surface area contributed by atoms with Gasteiger partial charge in [-0.25, -0.2) is 0 Å². The van der Waals surface area contributed by atoms with E-state index in [1.807, 2.05) is 26.0 Å². The van der Waals surface area contributed by atoms with Crippen LogP contribution >= 0.6 is 11.6 Å². The normalized spacial score (nSPS) is 11.8. The van der Waals surface area contributed by atoms with Crippen molar-refractivity contribution in [3.63, 3.8) is 0 Å². The Bertz CT molecular complexity index is 474. The maximum absolute atomic E-state index is 12.4. The number of amides is 2. The van der Waals surface area contributed by atoms with E-state index in [9.17, 15) is 9.59 Å². The Labute approximate surface area is 131 Å². The van der Waals surface area contributed by atoms with E-state index in [0.29, 0.717) is 24.4 Å². The zero-order valence-corrected chi connectivity index (χ0v) is 13.6. The Balaban J connectivity index is 2.97. The van der Waals surface area contributed by atoms with Gasteiger partial charge < -0.3 is 10.2 Å². The van der Waals surface area contributed by atoms with E-state index in [1.54, 1.807) is 24.1 Å². The molecule has 2 amide bonds. The van der Waals surface area contributed by atoms with Crippen molar-refractivity contribution < 1.29 is 9.59 Å². The van der Waals surface area contributed by atoms with Crippen LogP contribution in [0.1, 0.15) is 38.7 Å². The summed E-state index contributed by atoms with van der Waals surface area (Å²) in [6.45, 7) is 4.29. The van der Waals surface area contributed by atoms with Crippen LogP contribution in [0.15, 0.2) is 24.3 Å². The van der Waals surface area contributed by atoms with E-state index in [0.717, 1.165) is 12.0 Å². The van der Waals surface area contributed by atoms with Gasteiger partial charge in [0.25, 0.3) is 0 Å². The Morgan fingerprint density at radius 2 is 1.86 bits per heavy atom. The maximum atomic E-state index is 12.4. The molecule has 0 aliphatic rings. The van der Waals surface area contributed by atoms with Gasteiger partial charge in [-0.15, -0.1) is 0 Å². The first-order valence-electron chi connectivity index (χ1n) is 7.28. The number of hydrogen-bond acceptors (Lipinski definition) is 2. The molecule has 0 heterocycles. The highest BCUT2D eigenvalue weighted by atomic mass is 35.5. The second-order valence-corrected chi connectivity index (χ2v) is 5.37. The van der Waals surface area contributed by atoms with Gasteiger partial charge >= 0.3 is 0 Å². The summed E-state index contributed by atoms with van der Waals surface area (Å²) >= 11 is 5.88. The molecule has 1 N–H and O–H groups in total. The van der Waals surface area contributed by atoms with Gasteiger partial charge in [-0.2, -0.15) is 0 Å². The Kier molecular flexibility index (Phi) is 7.23. The van der Waals surface area contributed by atoms with Crippen LogP contribution in [0.2, 0.25) is 5.02 Å². The number of benzene rings is 1. The number of carbonyl (C=O) groups is 2. The molecule has 5 heteroatoms. The number of nitrogens with one attached hydrogen (secondary N) is 1. The molecule has 0 saturated carbocycles. The van der Waals surface area contributed by atoms with Gasteiger partial charge in [-0.1, -0.05) is 37.6 Å². The highest BCUT2D eigenvalue weighted by Crippen LogP contribution is 2.16. The van der Waals surface area contributed by atoms with Crippen molar-refractivity contribution in [3.8, 4) is 0 Å². The number of likely N-dealkylation sites (N-methyl/N-ethyl adjacent to an activating group) is 1. The van der Waals surface area contributed by atoms with Gasteiger partial charge in [0, 0.05) is 25.0 Å². The molecule has 1 unspecified atom stereocenters. The van der Waals surface area contributed by atoms with Gasteiger partial charge in [-0.05, 0) is 30.5 Å². The first-order valence-corrected chi connectivity index (χ1v) is 7.66. The SMILES string of the molecule is CCCC(=O)N(Cc1ccc(Cl)cc1)C(CC)C(=O)NC. The van der Waals surface area contributed by atoms with Gasteiger partial charge in [0.2, 0.25) is 11.8 Å². The van der Waals surface area contributed by atoms with Crippen LogP contribution in [-0.2, 0) is 16.1 Å². The van der Waals surface area contributed by atoms with Crippen molar-refractivity contribution in [1.29, 1.82) is 0 Å². The molecule has 0 aromatic heterocycles. The maximum Gasteiger partial charge on any atom is 0.242 e. The zero-order chi connectivity index (χ0) is 15.8. The summed E-state index contributed by atoms with van der Waals surface area (Å²) in [4.78, 5) is 26.0. The minimum Gasteiger partial charge on any atom is -0.357 e. The summed E-state index contributed by atoms with van der Waals surface area (Å²) < 4.78 is 0. The van der Waals surface area contributed by atoms with E-state index in [-0.39, 0.29) is 11.8 Å². The van der Waals surface area contributed by atoms with Crippen molar-refractivity contribution in [3.05, 3.63) is 34.9 Å². The van der Waals surface area contributed by atoms with Crippen LogP contribution in [0.3, 0.4) is 0 Å². The Morgan fingerprint density at radius 3 is 2.33 bits per heavy atom. The molecule has 0 aliphatic carbocycles. The average molecular weight is 311 g/mol. The summed E-state index contributed by atoms with van der Waals surface area (Å²) in [6.07, 6.45) is 1.80. The van der Waals surface area contributed by atoms with E-state index in [2.05, 4.69) is 5.32 Å². The van der Waals surface area contributed by atoms with E-state index in [4.69, 9.17) is 11.6 Å². The van der Waals surface area contributed by atoms with Crippen molar-refractivity contribution in [1.82, 2.24) is 10.2 Å². The topological polar surface area (TPSA) is 49.4 Å². The minimum absolute atomic E-state index is 0.00269. The third kappa shape index (κ3) is 5.05. The van der Waals surface area contributed by atoms with E-state index >= 15 is 0 Å². The quantitative estimate of drug-likeness (QED) is 0.841. The molecule has 4 nitrogen and oxygen atoms in total. The lowest BCUT2D eigenvalue weighted by atomic mass is 10.1. The monoisotopic (exact) mass is 310 g/mol. The molecule has 1 rings (SSSR count). The standard InChI is InChI=1S/C16H23ClN2O2/c1-4-6-15(20)19(14(5-2)16(21)18-3)11-12-7-9-13(17)10-8-12/h7-10,14H,4-6,11H2,1-3H3,(H,18,21). The summed E-state index contributed by atoms with van der Waals surface area (Å²) in [5.74, 6) is -0.126. The fourth-order valence-corrected chi connectivity index (χ4v) is 2.36. The van der Waals surface area contributed by atoms with Gasteiger partial charge in [0.15, 0.2) is 0 Å². The van der Waals surface area contributed by atoms with E-state index < -0.39 is 6.04 Å². The lowest BCUT2D eigenvalue weighted by Gasteiger charge is -2.30. The molecule has 21 heavy (non-hydrogen) atoms. The molecule has 1 atom stereocenters. The lowest BCUT2D eigenvalue weighted by molar-refractivity contribution is -0.141. The Hall–Kier alpha value is -1.55. The van der Waals surface area contributed by atoms with Crippen LogP contribution in [0.4, 0.5) is 0 Å². The summed E-state index contributed by atoms with van der Waals surface area (Å²) in [5.41, 5.74) is 0.964. The minimum atomic E-state index is -0.440. The molecule has 1 aromatic rings. The smallest absolute Gasteiger partial charge is 0.242 e. The number of carbonyl (C=O) groups excluding carboxylic acids is 2. The molecule has 0 bridgehead atoms. The van der Waals surface area contributed by atoms with Crippen LogP contribution < -0.4 is 5.32 Å². The van der Waals surface area contributed by atoms with Gasteiger partial charge in [0.1, 0.15) is 6.04 Å². The second kappa shape index (κ2) is 8.67. The van der Waals surface area contributed by atoms with Crippen molar-refractivity contribution >= 4 is 23.4 Å². The summed E-state index contributed by atoms with van der Waals surface area (Å²) in [7, 11) is 1.59. The van der Waals surface area contributed by atoms with Crippen LogP contribution in [0.5, 0.6) is 0 Å². The molecule has 0 aliphatic heterocycles. The highest BCUT2D eigenvalue weighted by molar-refractivity contribution is 6.30. The fraction of sp³-hybridized carbons (Fsp3) is 0.500. The average Bonchev–Trinajstić information content (AvgIpc) is 2.48. The third-order valence-corrected chi connectivity index (χ3v) is 3.61. The fourth-order valence-electron chi connectivity index (χ4n) is 2.23. The first-order chi connectivity index (χ1) is 10.0. The number of rotatable bonds is 7. The molecule has 0 radical (unpaired) electrons. The molecular weight excluding hydrogens is 288 g/mol. The summed E-state index contributed by atoms with van der Waals surface area (Å²) in [5, 5.41) is 3.29. The van der Waals surface area contributed by atoms with E-state index in [1.165, 1.54) is 0 Å². The van der Waals surface area contributed by atoms with Crippen molar-refractivity contribution in [2.75, 3.05) is 7.05 Å². The van der Waals surface area contributed by atoms with Crippen molar-refractivity contribution in [2.45, 2.75) is 45.7 Å². The van der Waals surface area contributed by atoms with Gasteiger partial charge in [0.05, 0.1) is 0 Å². The molecule has 0 saturated heterocycles. The largest absolute Gasteiger partial charge is 0.357 e. The molecule has 0 spiro atoms. The van der Waals surface area contributed by atoms with Crippen LogP contribution in [0, 0.1) is 0 Å². The third-order valence-electron chi connectivity index (χ3n) is 3.36. The van der Waals surface area contributed by atoms with Crippen molar-refractivity contribution in [2.24, 2.45) is 0 Å². The predicted octanol–water partition coefficient (Wildman–Crippen LogP) is 2.99.